The van der Waals surface area contributed by atoms with E-state index in [1.807, 2.05) is 19.9 Å². The van der Waals surface area contributed by atoms with Crippen molar-refractivity contribution in [3.63, 3.8) is 0 Å². The Morgan fingerprint density at radius 2 is 1.90 bits per heavy atom. The first-order valence-corrected chi connectivity index (χ1v) is 7.56. The Balaban J connectivity index is 2.33. The summed E-state index contributed by atoms with van der Waals surface area (Å²) in [6.45, 7) is 8.24. The minimum Gasteiger partial charge on any atom is -0.303 e. The Morgan fingerprint density at radius 1 is 1.29 bits per heavy atom. The van der Waals surface area contributed by atoms with Crippen molar-refractivity contribution in [2.75, 3.05) is 4.90 Å². The summed E-state index contributed by atoms with van der Waals surface area (Å²) in [7, 11) is 0. The van der Waals surface area contributed by atoms with Crippen LogP contribution in [0.5, 0.6) is 0 Å². The molecule has 0 aliphatic carbocycles. The van der Waals surface area contributed by atoms with E-state index in [1.165, 1.54) is 0 Å². The van der Waals surface area contributed by atoms with E-state index < -0.39 is 0 Å². The summed E-state index contributed by atoms with van der Waals surface area (Å²) in [5.41, 5.74) is 3.28. The molecule has 1 aliphatic heterocycles. The zero-order valence-electron chi connectivity index (χ0n) is 13.2. The largest absolute Gasteiger partial charge is 0.329 e. The molecule has 0 spiro atoms. The second kappa shape index (κ2) is 6.72. The minimum absolute atomic E-state index is 0.140. The molecule has 2 amide bonds. The molecular weight excluding hydrogens is 264 g/mol. The van der Waals surface area contributed by atoms with Crippen LogP contribution in [-0.2, 0) is 12.8 Å². The number of para-hydroxylation sites is 1. The maximum absolute atomic E-state index is 12.4. The molecule has 0 bridgehead atoms. The first kappa shape index (κ1) is 15.5. The van der Waals surface area contributed by atoms with Gasteiger partial charge in [0.1, 0.15) is 6.34 Å². The standard InChI is InChI=1S/C16H24N4O/c1-5-12-8-7-9-13(6-2)14(12)20-10-17-15(18-11(3)4)19-16(20)21/h7-11,15,18H,5-6H2,1-4H3,(H,19,21). The van der Waals surface area contributed by atoms with Gasteiger partial charge in [0.05, 0.1) is 5.69 Å². The molecule has 1 atom stereocenters. The highest BCUT2D eigenvalue weighted by molar-refractivity contribution is 6.10. The predicted molar refractivity (Wildman–Crippen MR) is 86.8 cm³/mol. The highest BCUT2D eigenvalue weighted by Gasteiger charge is 2.25. The van der Waals surface area contributed by atoms with Crippen molar-refractivity contribution in [3.05, 3.63) is 29.3 Å². The Labute approximate surface area is 126 Å². The Morgan fingerprint density at radius 3 is 2.38 bits per heavy atom. The van der Waals surface area contributed by atoms with Gasteiger partial charge >= 0.3 is 6.03 Å². The Hall–Kier alpha value is -1.88. The topological polar surface area (TPSA) is 56.7 Å². The minimum atomic E-state index is -0.354. The summed E-state index contributed by atoms with van der Waals surface area (Å²) in [6.07, 6.45) is 3.04. The van der Waals surface area contributed by atoms with Crippen LogP contribution in [0.3, 0.4) is 0 Å². The van der Waals surface area contributed by atoms with Crippen molar-refractivity contribution in [2.24, 2.45) is 4.99 Å². The lowest BCUT2D eigenvalue weighted by molar-refractivity contribution is 0.240. The molecule has 1 aromatic carbocycles. The van der Waals surface area contributed by atoms with Gasteiger partial charge in [0.2, 0.25) is 0 Å². The van der Waals surface area contributed by atoms with Gasteiger partial charge in [-0.05, 0) is 37.8 Å². The van der Waals surface area contributed by atoms with Crippen molar-refractivity contribution >= 4 is 18.1 Å². The fourth-order valence-corrected chi connectivity index (χ4v) is 2.49. The summed E-state index contributed by atoms with van der Waals surface area (Å²) < 4.78 is 0. The maximum Gasteiger partial charge on any atom is 0.329 e. The van der Waals surface area contributed by atoms with E-state index in [0.29, 0.717) is 0 Å². The molecule has 114 valence electrons. The molecular formula is C16H24N4O. The average Bonchev–Trinajstić information content (AvgIpc) is 2.46. The van der Waals surface area contributed by atoms with Crippen molar-refractivity contribution in [3.8, 4) is 0 Å². The average molecular weight is 288 g/mol. The van der Waals surface area contributed by atoms with Crippen LogP contribution in [0.4, 0.5) is 10.5 Å². The van der Waals surface area contributed by atoms with Crippen molar-refractivity contribution < 1.29 is 4.79 Å². The van der Waals surface area contributed by atoms with E-state index in [-0.39, 0.29) is 18.4 Å². The smallest absolute Gasteiger partial charge is 0.303 e. The third-order valence-electron chi connectivity index (χ3n) is 3.51. The van der Waals surface area contributed by atoms with Crippen molar-refractivity contribution in [1.29, 1.82) is 0 Å². The monoisotopic (exact) mass is 288 g/mol. The summed E-state index contributed by atoms with van der Waals surface area (Å²) in [6, 6.07) is 6.29. The number of aliphatic imine (C=N–C) groups is 1. The molecule has 1 aliphatic rings. The van der Waals surface area contributed by atoms with Crippen molar-refractivity contribution in [2.45, 2.75) is 52.9 Å². The van der Waals surface area contributed by atoms with Gasteiger partial charge in [-0.3, -0.25) is 10.2 Å². The van der Waals surface area contributed by atoms with E-state index in [2.05, 4.69) is 41.6 Å². The molecule has 0 aromatic heterocycles. The SMILES string of the molecule is CCc1cccc(CC)c1N1C=NC(NC(C)C)NC1=O. The normalized spacial score (nSPS) is 18.2. The van der Waals surface area contributed by atoms with Gasteiger partial charge < -0.3 is 5.32 Å². The van der Waals surface area contributed by atoms with Gasteiger partial charge in [-0.15, -0.1) is 0 Å². The predicted octanol–water partition coefficient (Wildman–Crippen LogP) is 2.65. The number of carbonyl (C=O) groups excluding carboxylic acids is 1. The molecule has 21 heavy (non-hydrogen) atoms. The number of nitrogens with one attached hydrogen (secondary N) is 2. The lowest BCUT2D eigenvalue weighted by Crippen LogP contribution is -2.55. The van der Waals surface area contributed by atoms with Crippen LogP contribution in [0, 0.1) is 0 Å². The molecule has 0 saturated heterocycles. The molecule has 2 rings (SSSR count). The van der Waals surface area contributed by atoms with E-state index in [4.69, 9.17) is 0 Å². The zero-order chi connectivity index (χ0) is 15.4. The van der Waals surface area contributed by atoms with Gasteiger partial charge in [0, 0.05) is 6.04 Å². The first-order chi connectivity index (χ1) is 10.1. The van der Waals surface area contributed by atoms with Crippen molar-refractivity contribution in [1.82, 2.24) is 10.6 Å². The highest BCUT2D eigenvalue weighted by atomic mass is 16.2. The molecule has 5 heteroatoms. The number of hydrogen-bond acceptors (Lipinski definition) is 3. The number of nitrogens with zero attached hydrogens (tertiary/aromatic N) is 2. The van der Waals surface area contributed by atoms with Crippen LogP contribution >= 0.6 is 0 Å². The second-order valence-electron chi connectivity index (χ2n) is 5.44. The number of amides is 2. The van der Waals surface area contributed by atoms with Gasteiger partial charge in [0.25, 0.3) is 0 Å². The third kappa shape index (κ3) is 3.42. The van der Waals surface area contributed by atoms with Crippen LogP contribution < -0.4 is 15.5 Å². The quantitative estimate of drug-likeness (QED) is 0.875. The van der Waals surface area contributed by atoms with Gasteiger partial charge in [-0.25, -0.2) is 9.79 Å². The lowest BCUT2D eigenvalue weighted by atomic mass is 10.0. The summed E-state index contributed by atoms with van der Waals surface area (Å²) >= 11 is 0. The molecule has 1 unspecified atom stereocenters. The second-order valence-corrected chi connectivity index (χ2v) is 5.44. The lowest BCUT2D eigenvalue weighted by Gasteiger charge is -2.30. The first-order valence-electron chi connectivity index (χ1n) is 7.56. The van der Waals surface area contributed by atoms with E-state index in [0.717, 1.165) is 29.7 Å². The molecule has 2 N–H and O–H groups in total. The number of hydrogen-bond donors (Lipinski definition) is 2. The summed E-state index contributed by atoms with van der Waals surface area (Å²) in [5.74, 6) is 0. The highest BCUT2D eigenvalue weighted by Crippen LogP contribution is 2.27. The number of rotatable bonds is 5. The van der Waals surface area contributed by atoms with Crippen LogP contribution in [0.25, 0.3) is 0 Å². The van der Waals surface area contributed by atoms with Gasteiger partial charge in [-0.2, -0.15) is 0 Å². The van der Waals surface area contributed by atoms with E-state index >= 15 is 0 Å². The van der Waals surface area contributed by atoms with E-state index in [1.54, 1.807) is 11.2 Å². The molecule has 1 heterocycles. The Bertz CT molecular complexity index is 517. The maximum atomic E-state index is 12.4. The van der Waals surface area contributed by atoms with Crippen LogP contribution in [0.2, 0.25) is 0 Å². The molecule has 0 radical (unpaired) electrons. The summed E-state index contributed by atoms with van der Waals surface area (Å²) in [4.78, 5) is 18.4. The number of aryl methyl sites for hydroxylation is 2. The number of anilines is 1. The molecule has 1 aromatic rings. The number of carbonyl (C=O) groups is 1. The van der Waals surface area contributed by atoms with Crippen LogP contribution in [0.15, 0.2) is 23.2 Å². The fourth-order valence-electron chi connectivity index (χ4n) is 2.49. The third-order valence-corrected chi connectivity index (χ3v) is 3.51. The van der Waals surface area contributed by atoms with Gasteiger partial charge in [0.15, 0.2) is 6.29 Å². The summed E-state index contributed by atoms with van der Waals surface area (Å²) in [5, 5.41) is 6.06. The van der Waals surface area contributed by atoms with Crippen LogP contribution in [-0.4, -0.2) is 24.7 Å². The fraction of sp³-hybridized carbons (Fsp3) is 0.500. The number of urea groups is 1. The zero-order valence-corrected chi connectivity index (χ0v) is 13.2. The van der Waals surface area contributed by atoms with E-state index in [9.17, 15) is 4.79 Å². The van der Waals surface area contributed by atoms with Crippen LogP contribution in [0.1, 0.15) is 38.8 Å². The molecule has 0 fully saturated rings. The molecule has 0 saturated carbocycles. The Kier molecular flexibility index (Phi) is 4.96. The number of benzene rings is 1. The van der Waals surface area contributed by atoms with Gasteiger partial charge in [-0.1, -0.05) is 32.0 Å². The molecule has 5 nitrogen and oxygen atoms in total.